The number of hydrogen-bond donors (Lipinski definition) is 1. The summed E-state index contributed by atoms with van der Waals surface area (Å²) in [4.78, 5) is 0. The molecule has 2 aromatic carbocycles. The molecule has 0 bridgehead atoms. The highest BCUT2D eigenvalue weighted by molar-refractivity contribution is 9.10. The van der Waals surface area contributed by atoms with Crippen LogP contribution in [0.4, 0.5) is 5.69 Å². The number of benzene rings is 2. The van der Waals surface area contributed by atoms with Gasteiger partial charge in [0.15, 0.2) is 0 Å². The van der Waals surface area contributed by atoms with E-state index >= 15 is 0 Å². The predicted molar refractivity (Wildman–Crippen MR) is 87.7 cm³/mol. The Morgan fingerprint density at radius 2 is 1.48 bits per heavy atom. The Morgan fingerprint density at radius 3 is 2.05 bits per heavy atom. The van der Waals surface area contributed by atoms with E-state index in [9.17, 15) is 0 Å². The first-order valence-electron chi connectivity index (χ1n) is 6.56. The highest BCUT2D eigenvalue weighted by atomic mass is 79.9. The van der Waals surface area contributed by atoms with Gasteiger partial charge < -0.3 is 19.5 Å². The van der Waals surface area contributed by atoms with Gasteiger partial charge in [-0.25, -0.2) is 0 Å². The Morgan fingerprint density at radius 1 is 0.905 bits per heavy atom. The summed E-state index contributed by atoms with van der Waals surface area (Å²) in [5, 5.41) is 3.29. The van der Waals surface area contributed by atoms with Gasteiger partial charge in [-0.05, 0) is 24.3 Å². The van der Waals surface area contributed by atoms with Crippen molar-refractivity contribution >= 4 is 21.6 Å². The third-order valence-electron chi connectivity index (χ3n) is 2.87. The van der Waals surface area contributed by atoms with Gasteiger partial charge in [0.25, 0.3) is 0 Å². The summed E-state index contributed by atoms with van der Waals surface area (Å²) in [5.74, 6) is 2.15. The molecule has 0 amide bonds. The average molecular weight is 352 g/mol. The van der Waals surface area contributed by atoms with Crippen LogP contribution in [-0.4, -0.2) is 27.4 Å². The molecule has 21 heavy (non-hydrogen) atoms. The van der Waals surface area contributed by atoms with Crippen LogP contribution in [0.25, 0.3) is 0 Å². The highest BCUT2D eigenvalue weighted by Gasteiger charge is 2.02. The molecule has 0 heterocycles. The van der Waals surface area contributed by atoms with Crippen LogP contribution >= 0.6 is 15.9 Å². The summed E-state index contributed by atoms with van der Waals surface area (Å²) in [7, 11) is 3.24. The van der Waals surface area contributed by atoms with Crippen LogP contribution in [0.5, 0.6) is 17.2 Å². The van der Waals surface area contributed by atoms with E-state index in [4.69, 9.17) is 14.2 Å². The highest BCUT2D eigenvalue weighted by Crippen LogP contribution is 2.27. The number of anilines is 1. The van der Waals surface area contributed by atoms with E-state index in [1.165, 1.54) is 0 Å². The summed E-state index contributed by atoms with van der Waals surface area (Å²) in [6.45, 7) is 1.26. The molecule has 0 atom stereocenters. The number of halogens is 1. The number of hydrogen-bond acceptors (Lipinski definition) is 4. The summed E-state index contributed by atoms with van der Waals surface area (Å²) in [6.07, 6.45) is 0. The van der Waals surface area contributed by atoms with Crippen molar-refractivity contribution in [3.05, 3.63) is 46.9 Å². The van der Waals surface area contributed by atoms with Crippen molar-refractivity contribution in [2.45, 2.75) is 0 Å². The van der Waals surface area contributed by atoms with Crippen molar-refractivity contribution in [1.29, 1.82) is 0 Å². The van der Waals surface area contributed by atoms with E-state index < -0.39 is 0 Å². The van der Waals surface area contributed by atoms with E-state index in [0.717, 1.165) is 15.9 Å². The van der Waals surface area contributed by atoms with Crippen LogP contribution in [0, 0.1) is 0 Å². The Bertz CT molecular complexity index is 550. The second-order valence-corrected chi connectivity index (χ2v) is 5.25. The normalized spacial score (nSPS) is 10.0. The molecule has 4 nitrogen and oxygen atoms in total. The Balaban J connectivity index is 1.84. The lowest BCUT2D eigenvalue weighted by molar-refractivity contribution is 0.324. The van der Waals surface area contributed by atoms with Crippen molar-refractivity contribution in [1.82, 2.24) is 0 Å². The quantitative estimate of drug-likeness (QED) is 0.766. The first-order chi connectivity index (χ1) is 10.2. The minimum Gasteiger partial charge on any atom is -0.496 e. The topological polar surface area (TPSA) is 39.7 Å². The lowest BCUT2D eigenvalue weighted by atomic mass is 10.3. The molecular formula is C16H18BrNO3. The number of nitrogens with one attached hydrogen (secondary N) is 1. The summed E-state index contributed by atoms with van der Waals surface area (Å²) < 4.78 is 17.2. The molecule has 1 N–H and O–H groups in total. The molecule has 2 aromatic rings. The molecule has 0 aliphatic carbocycles. The molecule has 0 aliphatic rings. The molecule has 2 rings (SSSR count). The van der Waals surface area contributed by atoms with E-state index in [0.29, 0.717) is 24.7 Å². The third-order valence-corrected chi connectivity index (χ3v) is 3.40. The first-order valence-corrected chi connectivity index (χ1v) is 7.36. The fourth-order valence-electron chi connectivity index (χ4n) is 1.80. The van der Waals surface area contributed by atoms with E-state index in [1.807, 2.05) is 42.5 Å². The standard InChI is InChI=1S/C16H18BrNO3/c1-19-14-9-15(20-2)11-16(10-14)21-8-7-18-13-5-3-12(17)4-6-13/h3-6,9-11,18H,7-8H2,1-2H3. The minimum absolute atomic E-state index is 0.548. The van der Waals surface area contributed by atoms with Crippen LogP contribution in [0.2, 0.25) is 0 Å². The molecule has 0 aromatic heterocycles. The fourth-order valence-corrected chi connectivity index (χ4v) is 2.06. The molecule has 0 spiro atoms. The fraction of sp³-hybridized carbons (Fsp3) is 0.250. The summed E-state index contributed by atoms with van der Waals surface area (Å²) in [5.41, 5.74) is 1.06. The van der Waals surface area contributed by atoms with E-state index in [2.05, 4.69) is 21.2 Å². The number of rotatable bonds is 7. The number of methoxy groups -OCH3 is 2. The maximum Gasteiger partial charge on any atom is 0.126 e. The molecule has 112 valence electrons. The number of ether oxygens (including phenoxy) is 3. The molecule has 5 heteroatoms. The molecule has 0 saturated heterocycles. The molecule has 0 radical (unpaired) electrons. The zero-order chi connectivity index (χ0) is 15.1. The molecule has 0 saturated carbocycles. The average Bonchev–Trinajstić information content (AvgIpc) is 2.53. The Hall–Kier alpha value is -1.88. The summed E-state index contributed by atoms with van der Waals surface area (Å²) in [6, 6.07) is 13.5. The minimum atomic E-state index is 0.548. The monoisotopic (exact) mass is 351 g/mol. The van der Waals surface area contributed by atoms with Gasteiger partial charge in [0.1, 0.15) is 23.9 Å². The maximum atomic E-state index is 5.70. The Kier molecular flexibility index (Phi) is 5.75. The molecule has 0 unspecified atom stereocenters. The lowest BCUT2D eigenvalue weighted by Crippen LogP contribution is -2.11. The van der Waals surface area contributed by atoms with Crippen LogP contribution in [0.1, 0.15) is 0 Å². The third kappa shape index (κ3) is 4.86. The molecule has 0 aliphatic heterocycles. The van der Waals surface area contributed by atoms with Gasteiger partial charge in [-0.3, -0.25) is 0 Å². The van der Waals surface area contributed by atoms with Gasteiger partial charge in [-0.15, -0.1) is 0 Å². The van der Waals surface area contributed by atoms with Gasteiger partial charge in [0.05, 0.1) is 14.2 Å². The largest absolute Gasteiger partial charge is 0.496 e. The van der Waals surface area contributed by atoms with E-state index in [1.54, 1.807) is 14.2 Å². The SMILES string of the molecule is COc1cc(OC)cc(OCCNc2ccc(Br)cc2)c1. The van der Waals surface area contributed by atoms with Crippen molar-refractivity contribution in [2.75, 3.05) is 32.7 Å². The summed E-state index contributed by atoms with van der Waals surface area (Å²) >= 11 is 3.41. The maximum absolute atomic E-state index is 5.70. The van der Waals surface area contributed by atoms with Crippen molar-refractivity contribution in [2.24, 2.45) is 0 Å². The molecule has 0 fully saturated rings. The van der Waals surface area contributed by atoms with Gasteiger partial charge >= 0.3 is 0 Å². The van der Waals surface area contributed by atoms with Gasteiger partial charge in [-0.1, -0.05) is 15.9 Å². The van der Waals surface area contributed by atoms with Gasteiger partial charge in [0, 0.05) is 34.9 Å². The van der Waals surface area contributed by atoms with Crippen LogP contribution in [0.3, 0.4) is 0 Å². The first kappa shape index (κ1) is 15.5. The van der Waals surface area contributed by atoms with Crippen molar-refractivity contribution in [3.8, 4) is 17.2 Å². The Labute approximate surface area is 133 Å². The van der Waals surface area contributed by atoms with Crippen LogP contribution in [-0.2, 0) is 0 Å². The zero-order valence-electron chi connectivity index (χ0n) is 12.1. The van der Waals surface area contributed by atoms with E-state index in [-0.39, 0.29) is 0 Å². The van der Waals surface area contributed by atoms with Gasteiger partial charge in [-0.2, -0.15) is 0 Å². The second kappa shape index (κ2) is 7.78. The predicted octanol–water partition coefficient (Wildman–Crippen LogP) is 3.96. The molecular weight excluding hydrogens is 334 g/mol. The zero-order valence-corrected chi connectivity index (χ0v) is 13.6. The lowest BCUT2D eigenvalue weighted by Gasteiger charge is -2.11. The van der Waals surface area contributed by atoms with Gasteiger partial charge in [0.2, 0.25) is 0 Å². The van der Waals surface area contributed by atoms with Crippen molar-refractivity contribution in [3.63, 3.8) is 0 Å². The second-order valence-electron chi connectivity index (χ2n) is 4.33. The smallest absolute Gasteiger partial charge is 0.126 e. The van der Waals surface area contributed by atoms with Crippen LogP contribution < -0.4 is 19.5 Å². The van der Waals surface area contributed by atoms with Crippen molar-refractivity contribution < 1.29 is 14.2 Å². The van der Waals surface area contributed by atoms with Crippen LogP contribution in [0.15, 0.2) is 46.9 Å².